The maximum atomic E-state index is 11.5. The third-order valence-corrected chi connectivity index (χ3v) is 2.79. The first-order chi connectivity index (χ1) is 6.15. The summed E-state index contributed by atoms with van der Waals surface area (Å²) < 4.78 is 0. The van der Waals surface area contributed by atoms with Gasteiger partial charge in [-0.25, -0.2) is 0 Å². The number of carbonyl (C=O) groups is 1. The molecule has 3 nitrogen and oxygen atoms in total. The van der Waals surface area contributed by atoms with Crippen molar-refractivity contribution in [3.05, 3.63) is 0 Å². The minimum Gasteiger partial charge on any atom is -0.342 e. The lowest BCUT2D eigenvalue weighted by atomic mass is 9.94. The fraction of sp³-hybridized carbons (Fsp3) is 0.900. The lowest BCUT2D eigenvalue weighted by Gasteiger charge is -2.35. The third-order valence-electron chi connectivity index (χ3n) is 2.79. The molecule has 0 saturated carbocycles. The van der Waals surface area contributed by atoms with Gasteiger partial charge >= 0.3 is 0 Å². The second kappa shape index (κ2) is 4.61. The summed E-state index contributed by atoms with van der Waals surface area (Å²) in [5, 5.41) is 0. The van der Waals surface area contributed by atoms with Crippen LogP contribution in [-0.4, -0.2) is 29.9 Å². The van der Waals surface area contributed by atoms with Crippen LogP contribution in [0.5, 0.6) is 0 Å². The van der Waals surface area contributed by atoms with Crippen molar-refractivity contribution in [2.24, 2.45) is 11.7 Å². The van der Waals surface area contributed by atoms with E-state index in [0.29, 0.717) is 18.2 Å². The van der Waals surface area contributed by atoms with Crippen LogP contribution in [-0.2, 0) is 4.79 Å². The maximum absolute atomic E-state index is 11.5. The van der Waals surface area contributed by atoms with E-state index in [-0.39, 0.29) is 6.04 Å². The van der Waals surface area contributed by atoms with Crippen molar-refractivity contribution in [2.75, 3.05) is 13.1 Å². The molecule has 2 unspecified atom stereocenters. The fourth-order valence-electron chi connectivity index (χ4n) is 1.76. The molecule has 0 aliphatic carbocycles. The highest BCUT2D eigenvalue weighted by Gasteiger charge is 2.25. The topological polar surface area (TPSA) is 46.3 Å². The number of nitrogens with zero attached hydrogens (tertiary/aromatic N) is 1. The molecule has 1 fully saturated rings. The largest absolute Gasteiger partial charge is 0.342 e. The Hall–Kier alpha value is -0.570. The molecule has 2 N–H and O–H groups in total. The molecule has 1 saturated heterocycles. The van der Waals surface area contributed by atoms with Crippen LogP contribution in [0.3, 0.4) is 0 Å². The van der Waals surface area contributed by atoms with Crippen molar-refractivity contribution in [3.63, 3.8) is 0 Å². The average molecular weight is 184 g/mol. The number of carbonyl (C=O) groups excluding carboxylic acids is 1. The van der Waals surface area contributed by atoms with Gasteiger partial charge in [-0.05, 0) is 18.8 Å². The molecule has 2 atom stereocenters. The molecule has 0 radical (unpaired) electrons. The van der Waals surface area contributed by atoms with E-state index in [4.69, 9.17) is 5.73 Å². The van der Waals surface area contributed by atoms with Crippen LogP contribution in [0.15, 0.2) is 0 Å². The highest BCUT2D eigenvalue weighted by molar-refractivity contribution is 5.76. The van der Waals surface area contributed by atoms with Gasteiger partial charge in [-0.2, -0.15) is 0 Å². The molecule has 0 aromatic rings. The SMILES string of the molecule is CCCC(=O)N1CCC(N)C(C)C1. The summed E-state index contributed by atoms with van der Waals surface area (Å²) in [6.45, 7) is 5.86. The summed E-state index contributed by atoms with van der Waals surface area (Å²) in [6, 6.07) is 0.283. The highest BCUT2D eigenvalue weighted by Crippen LogP contribution is 2.15. The number of piperidine rings is 1. The van der Waals surface area contributed by atoms with Crippen LogP contribution in [0.1, 0.15) is 33.1 Å². The Morgan fingerprint density at radius 2 is 2.31 bits per heavy atom. The number of hydrogen-bond donors (Lipinski definition) is 1. The smallest absolute Gasteiger partial charge is 0.222 e. The Balaban J connectivity index is 2.40. The number of rotatable bonds is 2. The molecule has 1 rings (SSSR count). The number of hydrogen-bond acceptors (Lipinski definition) is 2. The van der Waals surface area contributed by atoms with E-state index in [0.717, 1.165) is 25.9 Å². The molecule has 0 spiro atoms. The Kier molecular flexibility index (Phi) is 3.72. The van der Waals surface area contributed by atoms with Gasteiger partial charge in [0.2, 0.25) is 5.91 Å². The van der Waals surface area contributed by atoms with Crippen molar-refractivity contribution >= 4 is 5.91 Å². The monoisotopic (exact) mass is 184 g/mol. The van der Waals surface area contributed by atoms with Crippen LogP contribution in [0.2, 0.25) is 0 Å². The summed E-state index contributed by atoms with van der Waals surface area (Å²) in [6.07, 6.45) is 2.58. The minimum atomic E-state index is 0.283. The first-order valence-corrected chi connectivity index (χ1v) is 5.18. The van der Waals surface area contributed by atoms with E-state index in [1.807, 2.05) is 11.8 Å². The van der Waals surface area contributed by atoms with Gasteiger partial charge in [0.25, 0.3) is 0 Å². The summed E-state index contributed by atoms with van der Waals surface area (Å²) in [5.41, 5.74) is 5.88. The fourth-order valence-corrected chi connectivity index (χ4v) is 1.76. The number of amides is 1. The first kappa shape index (κ1) is 10.5. The molecule has 0 aromatic carbocycles. The third kappa shape index (κ3) is 2.69. The van der Waals surface area contributed by atoms with Gasteiger partial charge in [0.1, 0.15) is 0 Å². The van der Waals surface area contributed by atoms with E-state index >= 15 is 0 Å². The van der Waals surface area contributed by atoms with Crippen molar-refractivity contribution in [2.45, 2.75) is 39.2 Å². The predicted octanol–water partition coefficient (Wildman–Crippen LogP) is 0.982. The second-order valence-electron chi connectivity index (χ2n) is 4.02. The summed E-state index contributed by atoms with van der Waals surface area (Å²) in [7, 11) is 0. The highest BCUT2D eigenvalue weighted by atomic mass is 16.2. The van der Waals surface area contributed by atoms with Crippen molar-refractivity contribution < 1.29 is 4.79 Å². The van der Waals surface area contributed by atoms with Gasteiger partial charge in [-0.1, -0.05) is 13.8 Å². The van der Waals surface area contributed by atoms with Crippen LogP contribution in [0.25, 0.3) is 0 Å². The van der Waals surface area contributed by atoms with Gasteiger partial charge in [-0.3, -0.25) is 4.79 Å². The second-order valence-corrected chi connectivity index (χ2v) is 4.02. The molecule has 13 heavy (non-hydrogen) atoms. The molecular formula is C10H20N2O. The normalized spacial score (nSPS) is 29.0. The predicted molar refractivity (Wildman–Crippen MR) is 53.2 cm³/mol. The van der Waals surface area contributed by atoms with Crippen LogP contribution in [0.4, 0.5) is 0 Å². The Labute approximate surface area is 80.3 Å². The maximum Gasteiger partial charge on any atom is 0.222 e. The molecule has 1 heterocycles. The Bertz CT molecular complexity index is 182. The summed E-state index contributed by atoms with van der Waals surface area (Å²) in [5.74, 6) is 0.746. The van der Waals surface area contributed by atoms with E-state index in [1.165, 1.54) is 0 Å². The molecule has 0 aromatic heterocycles. The molecule has 76 valence electrons. The molecular weight excluding hydrogens is 164 g/mol. The molecule has 3 heteroatoms. The van der Waals surface area contributed by atoms with Gasteiger partial charge < -0.3 is 10.6 Å². The Morgan fingerprint density at radius 3 is 2.85 bits per heavy atom. The van der Waals surface area contributed by atoms with Gasteiger partial charge in [0, 0.05) is 25.6 Å². The average Bonchev–Trinajstić information content (AvgIpc) is 2.10. The standard InChI is InChI=1S/C10H20N2O/c1-3-4-10(13)12-6-5-9(11)8(2)7-12/h8-9H,3-7,11H2,1-2H3. The first-order valence-electron chi connectivity index (χ1n) is 5.18. The zero-order chi connectivity index (χ0) is 9.84. The Morgan fingerprint density at radius 1 is 1.62 bits per heavy atom. The van der Waals surface area contributed by atoms with Crippen LogP contribution >= 0.6 is 0 Å². The number of nitrogens with two attached hydrogens (primary N) is 1. The molecule has 1 aliphatic heterocycles. The van der Waals surface area contributed by atoms with Crippen molar-refractivity contribution in [3.8, 4) is 0 Å². The lowest BCUT2D eigenvalue weighted by Crippen LogP contribution is -2.48. The zero-order valence-electron chi connectivity index (χ0n) is 8.62. The minimum absolute atomic E-state index is 0.283. The van der Waals surface area contributed by atoms with Gasteiger partial charge in [0.15, 0.2) is 0 Å². The van der Waals surface area contributed by atoms with Gasteiger partial charge in [-0.15, -0.1) is 0 Å². The van der Waals surface area contributed by atoms with Crippen LogP contribution in [0, 0.1) is 5.92 Å². The zero-order valence-corrected chi connectivity index (χ0v) is 8.62. The summed E-state index contributed by atoms with van der Waals surface area (Å²) >= 11 is 0. The van der Waals surface area contributed by atoms with Crippen molar-refractivity contribution in [1.29, 1.82) is 0 Å². The van der Waals surface area contributed by atoms with E-state index in [1.54, 1.807) is 0 Å². The molecule has 1 aliphatic rings. The molecule has 0 bridgehead atoms. The number of likely N-dealkylation sites (tertiary alicyclic amines) is 1. The van der Waals surface area contributed by atoms with Crippen molar-refractivity contribution in [1.82, 2.24) is 4.90 Å². The van der Waals surface area contributed by atoms with E-state index in [2.05, 4.69) is 6.92 Å². The van der Waals surface area contributed by atoms with Crippen LogP contribution < -0.4 is 5.73 Å². The van der Waals surface area contributed by atoms with E-state index in [9.17, 15) is 4.79 Å². The van der Waals surface area contributed by atoms with Gasteiger partial charge in [0.05, 0.1) is 0 Å². The quantitative estimate of drug-likeness (QED) is 0.695. The molecule has 1 amide bonds. The summed E-state index contributed by atoms with van der Waals surface area (Å²) in [4.78, 5) is 13.5. The van der Waals surface area contributed by atoms with E-state index < -0.39 is 0 Å². The lowest BCUT2D eigenvalue weighted by molar-refractivity contribution is -0.133.